The molecule has 2 amide bonds. The number of nitrogens with one attached hydrogen (secondary N) is 3. The summed E-state index contributed by atoms with van der Waals surface area (Å²) in [5, 5.41) is 11.0. The number of halogens is 2. The van der Waals surface area contributed by atoms with Crippen LogP contribution < -0.4 is 25.4 Å². The number of ether oxygens (including phenoxy) is 2. The average Bonchev–Trinajstić information content (AvgIpc) is 3.55. The van der Waals surface area contributed by atoms with Crippen molar-refractivity contribution < 1.29 is 19.1 Å². The standard InChI is InChI=1S/C38H42Cl2N6O4/c1-23(47)46-17-14-27(15-18-46)43-21-25-8-7-24(19-33(25)49-2)37-36(40)30(13-16-42-37)29-5-4-6-31(35(29)39)32-11-9-26(38(45-32)50-3)20-41-22-28-10-12-34(48)44-28/h4-9,11,13,16,19,27-28,41,43H,10,12,14-15,17-18,20-22H2,1-3H3,(H,44,48). The largest absolute Gasteiger partial charge is 0.496 e. The van der Waals surface area contributed by atoms with Gasteiger partial charge in [0.2, 0.25) is 17.7 Å². The maximum absolute atomic E-state index is 11.7. The van der Waals surface area contributed by atoms with Crippen LogP contribution in [0.15, 0.2) is 60.8 Å². The Labute approximate surface area is 302 Å². The third kappa shape index (κ3) is 8.05. The first-order valence-electron chi connectivity index (χ1n) is 16.9. The van der Waals surface area contributed by atoms with Gasteiger partial charge in [-0.15, -0.1) is 0 Å². The van der Waals surface area contributed by atoms with Crippen molar-refractivity contribution in [2.75, 3.05) is 33.9 Å². The topological polar surface area (TPSA) is 118 Å². The van der Waals surface area contributed by atoms with Crippen LogP contribution in [0, 0.1) is 0 Å². The number of methoxy groups -OCH3 is 2. The van der Waals surface area contributed by atoms with Gasteiger partial charge in [0.05, 0.1) is 35.7 Å². The van der Waals surface area contributed by atoms with Crippen molar-refractivity contribution in [3.63, 3.8) is 0 Å². The van der Waals surface area contributed by atoms with Crippen molar-refractivity contribution in [1.29, 1.82) is 0 Å². The van der Waals surface area contributed by atoms with E-state index >= 15 is 0 Å². The Balaban J connectivity index is 1.19. The molecule has 4 heterocycles. The van der Waals surface area contributed by atoms with Gasteiger partial charge in [0, 0.05) is 97.7 Å². The van der Waals surface area contributed by atoms with Gasteiger partial charge in [0.1, 0.15) is 5.75 Å². The third-order valence-corrected chi connectivity index (χ3v) is 10.2. The van der Waals surface area contributed by atoms with Gasteiger partial charge >= 0.3 is 0 Å². The fraction of sp³-hybridized carbons (Fsp3) is 0.368. The Bertz CT molecular complexity index is 1860. The van der Waals surface area contributed by atoms with Crippen molar-refractivity contribution in [3.05, 3.63) is 82.0 Å². The number of likely N-dealkylation sites (tertiary alicyclic amines) is 1. The first-order chi connectivity index (χ1) is 24.2. The summed E-state index contributed by atoms with van der Waals surface area (Å²) in [7, 11) is 3.26. The quantitative estimate of drug-likeness (QED) is 0.157. The number of hydrogen-bond acceptors (Lipinski definition) is 8. The zero-order valence-electron chi connectivity index (χ0n) is 28.5. The summed E-state index contributed by atoms with van der Waals surface area (Å²) >= 11 is 14.2. The summed E-state index contributed by atoms with van der Waals surface area (Å²) < 4.78 is 11.4. The molecule has 6 rings (SSSR count). The molecule has 2 aromatic carbocycles. The lowest BCUT2D eigenvalue weighted by molar-refractivity contribution is -0.130. The van der Waals surface area contributed by atoms with Crippen molar-refractivity contribution >= 4 is 35.0 Å². The molecule has 2 aromatic heterocycles. The molecule has 0 saturated carbocycles. The second-order valence-electron chi connectivity index (χ2n) is 12.7. The maximum Gasteiger partial charge on any atom is 0.220 e. The third-order valence-electron chi connectivity index (χ3n) is 9.46. The van der Waals surface area contributed by atoms with Crippen LogP contribution in [0.1, 0.15) is 43.7 Å². The average molecular weight is 718 g/mol. The van der Waals surface area contributed by atoms with Crippen LogP contribution in [-0.4, -0.2) is 72.6 Å². The molecule has 262 valence electrons. The number of pyridine rings is 2. The zero-order chi connectivity index (χ0) is 35.2. The van der Waals surface area contributed by atoms with Crippen molar-refractivity contribution in [2.24, 2.45) is 0 Å². The molecule has 1 unspecified atom stereocenters. The van der Waals surface area contributed by atoms with Crippen LogP contribution in [0.25, 0.3) is 33.6 Å². The number of benzene rings is 2. The summed E-state index contributed by atoms with van der Waals surface area (Å²) in [4.78, 5) is 34.5. The molecule has 2 fully saturated rings. The molecule has 2 aliphatic rings. The Morgan fingerprint density at radius 2 is 1.70 bits per heavy atom. The number of amides is 2. The molecule has 4 aromatic rings. The Hall–Kier alpha value is -4.22. The molecule has 3 N–H and O–H groups in total. The fourth-order valence-corrected chi connectivity index (χ4v) is 7.27. The number of carbonyl (C=O) groups is 2. The molecule has 2 saturated heterocycles. The second-order valence-corrected chi connectivity index (χ2v) is 13.4. The zero-order valence-corrected chi connectivity index (χ0v) is 30.0. The smallest absolute Gasteiger partial charge is 0.220 e. The summed E-state index contributed by atoms with van der Waals surface area (Å²) in [6, 6.07) is 18.0. The van der Waals surface area contributed by atoms with E-state index in [2.05, 4.69) is 20.9 Å². The lowest BCUT2D eigenvalue weighted by atomic mass is 9.99. The number of hydrogen-bond donors (Lipinski definition) is 3. The molecule has 0 spiro atoms. The molecule has 2 aliphatic heterocycles. The van der Waals surface area contributed by atoms with E-state index in [1.54, 1.807) is 27.3 Å². The SMILES string of the molecule is COc1cc(-c2nccc(-c3cccc(-c4ccc(CNCC5CCC(=O)N5)c(OC)n4)c3Cl)c2Cl)ccc1CNC1CCN(C(C)=O)CC1. The van der Waals surface area contributed by atoms with E-state index in [1.807, 2.05) is 59.5 Å². The molecule has 0 radical (unpaired) electrons. The van der Waals surface area contributed by atoms with Crippen LogP contribution in [0.4, 0.5) is 0 Å². The molecule has 0 bridgehead atoms. The van der Waals surface area contributed by atoms with E-state index in [0.29, 0.717) is 59.4 Å². The molecule has 50 heavy (non-hydrogen) atoms. The van der Waals surface area contributed by atoms with Crippen molar-refractivity contribution in [3.8, 4) is 45.3 Å². The van der Waals surface area contributed by atoms with Gasteiger partial charge in [-0.25, -0.2) is 4.98 Å². The highest BCUT2D eigenvalue weighted by Gasteiger charge is 2.23. The highest BCUT2D eigenvalue weighted by Crippen LogP contribution is 2.42. The normalized spacial score (nSPS) is 16.4. The number of aromatic nitrogens is 2. The number of carbonyl (C=O) groups excluding carboxylic acids is 2. The monoisotopic (exact) mass is 716 g/mol. The second kappa shape index (κ2) is 16.2. The minimum atomic E-state index is 0.0991. The molecule has 1 atom stereocenters. The van der Waals surface area contributed by atoms with E-state index in [4.69, 9.17) is 37.7 Å². The van der Waals surface area contributed by atoms with Crippen molar-refractivity contribution in [2.45, 2.75) is 57.8 Å². The summed E-state index contributed by atoms with van der Waals surface area (Å²) in [5.41, 5.74) is 6.30. The Morgan fingerprint density at radius 1 is 0.940 bits per heavy atom. The van der Waals surface area contributed by atoms with E-state index < -0.39 is 0 Å². The molecule has 0 aliphatic carbocycles. The lowest BCUT2D eigenvalue weighted by Crippen LogP contribution is -2.43. The molecular weight excluding hydrogens is 675 g/mol. The van der Waals surface area contributed by atoms with E-state index in [0.717, 1.165) is 71.5 Å². The highest BCUT2D eigenvalue weighted by atomic mass is 35.5. The van der Waals surface area contributed by atoms with Crippen LogP contribution in [0.5, 0.6) is 11.6 Å². The molecule has 10 nitrogen and oxygen atoms in total. The lowest BCUT2D eigenvalue weighted by Gasteiger charge is -2.32. The van der Waals surface area contributed by atoms with Crippen LogP contribution in [-0.2, 0) is 22.7 Å². The summed E-state index contributed by atoms with van der Waals surface area (Å²) in [6.45, 7) is 5.05. The Kier molecular flexibility index (Phi) is 11.5. The van der Waals surface area contributed by atoms with Crippen molar-refractivity contribution in [1.82, 2.24) is 30.8 Å². The number of piperidine rings is 1. The first kappa shape index (κ1) is 35.6. The molecular formula is C38H42Cl2N6O4. The summed E-state index contributed by atoms with van der Waals surface area (Å²) in [5.74, 6) is 1.47. The van der Waals surface area contributed by atoms with Crippen LogP contribution in [0.2, 0.25) is 10.0 Å². The summed E-state index contributed by atoms with van der Waals surface area (Å²) in [6.07, 6.45) is 4.98. The number of nitrogens with zero attached hydrogens (tertiary/aromatic N) is 3. The minimum absolute atomic E-state index is 0.0991. The van der Waals surface area contributed by atoms with Gasteiger partial charge in [0.25, 0.3) is 0 Å². The van der Waals surface area contributed by atoms with Gasteiger partial charge in [-0.3, -0.25) is 14.6 Å². The highest BCUT2D eigenvalue weighted by molar-refractivity contribution is 6.39. The fourth-order valence-electron chi connectivity index (χ4n) is 6.62. The number of rotatable bonds is 12. The van der Waals surface area contributed by atoms with E-state index in [9.17, 15) is 9.59 Å². The van der Waals surface area contributed by atoms with Gasteiger partial charge in [0.15, 0.2) is 0 Å². The van der Waals surface area contributed by atoms with Gasteiger partial charge in [-0.05, 0) is 37.5 Å². The predicted molar refractivity (Wildman–Crippen MR) is 196 cm³/mol. The van der Waals surface area contributed by atoms with E-state index in [1.165, 1.54) is 0 Å². The van der Waals surface area contributed by atoms with E-state index in [-0.39, 0.29) is 17.9 Å². The van der Waals surface area contributed by atoms with Gasteiger partial charge < -0.3 is 30.3 Å². The Morgan fingerprint density at radius 3 is 2.42 bits per heavy atom. The first-order valence-corrected chi connectivity index (χ1v) is 17.6. The molecule has 12 heteroatoms. The maximum atomic E-state index is 11.7. The minimum Gasteiger partial charge on any atom is -0.496 e. The van der Waals surface area contributed by atoms with Crippen LogP contribution in [0.3, 0.4) is 0 Å². The van der Waals surface area contributed by atoms with Crippen LogP contribution >= 0.6 is 23.2 Å². The van der Waals surface area contributed by atoms with Gasteiger partial charge in [-0.1, -0.05) is 59.6 Å². The van der Waals surface area contributed by atoms with Gasteiger partial charge in [-0.2, -0.15) is 0 Å². The predicted octanol–water partition coefficient (Wildman–Crippen LogP) is 6.27.